The van der Waals surface area contributed by atoms with Crippen molar-refractivity contribution < 1.29 is 4.42 Å². The topological polar surface area (TPSA) is 80.5 Å². The predicted octanol–water partition coefficient (Wildman–Crippen LogP) is 9.74. The Morgan fingerprint density at radius 3 is 1.85 bits per heavy atom. The lowest BCUT2D eigenvalue weighted by molar-refractivity contribution is 0.669. The minimum absolute atomic E-state index is 0.482. The Morgan fingerprint density at radius 2 is 1.13 bits per heavy atom. The summed E-state index contributed by atoms with van der Waals surface area (Å²) in [5, 5.41) is 14.4. The van der Waals surface area contributed by atoms with E-state index in [1.165, 1.54) is 0 Å². The highest BCUT2D eigenvalue weighted by Gasteiger charge is 2.21. The molecule has 3 heterocycles. The zero-order valence-corrected chi connectivity index (χ0v) is 24.4. The molecule has 0 fully saturated rings. The van der Waals surface area contributed by atoms with Crippen LogP contribution in [0.25, 0.3) is 83.6 Å². The molecule has 0 amide bonds. The van der Waals surface area contributed by atoms with E-state index >= 15 is 0 Å². The highest BCUT2D eigenvalue weighted by molar-refractivity contribution is 6.17. The van der Waals surface area contributed by atoms with Gasteiger partial charge in [0.25, 0.3) is 0 Å². The first-order valence-electron chi connectivity index (χ1n) is 15.0. The summed E-state index contributed by atoms with van der Waals surface area (Å²) in [5.41, 5.74) is 7.53. The van der Waals surface area contributed by atoms with Crippen molar-refractivity contribution in [1.29, 1.82) is 5.26 Å². The third-order valence-corrected chi connectivity index (χ3v) is 8.48. The summed E-state index contributed by atoms with van der Waals surface area (Å²) in [6.07, 6.45) is 0. The smallest absolute Gasteiger partial charge is 0.166 e. The SMILES string of the molecule is N#Cc1ccc(-n2c3ccccc3c3cc4c(cc32)oc2ccccc24)c(-c2nc(-c3ccccc3)nc(-c3ccccc3)n2)c1. The Morgan fingerprint density at radius 1 is 0.500 bits per heavy atom. The molecule has 0 spiro atoms. The van der Waals surface area contributed by atoms with Crippen molar-refractivity contribution in [1.82, 2.24) is 19.5 Å². The van der Waals surface area contributed by atoms with Crippen molar-refractivity contribution in [3.05, 3.63) is 145 Å². The van der Waals surface area contributed by atoms with Crippen molar-refractivity contribution in [2.45, 2.75) is 0 Å². The maximum absolute atomic E-state index is 10.0. The summed E-state index contributed by atoms with van der Waals surface area (Å²) in [5.74, 6) is 1.60. The monoisotopic (exact) mass is 589 g/mol. The van der Waals surface area contributed by atoms with Crippen molar-refractivity contribution in [2.24, 2.45) is 0 Å². The average Bonchev–Trinajstić information content (AvgIpc) is 3.65. The van der Waals surface area contributed by atoms with Crippen LogP contribution in [0.15, 0.2) is 144 Å². The third kappa shape index (κ3) is 4.07. The fraction of sp³-hybridized carbons (Fsp3) is 0. The molecule has 214 valence electrons. The van der Waals surface area contributed by atoms with E-state index in [0.29, 0.717) is 23.0 Å². The van der Waals surface area contributed by atoms with Crippen LogP contribution in [0.5, 0.6) is 0 Å². The van der Waals surface area contributed by atoms with Gasteiger partial charge in [0.2, 0.25) is 0 Å². The van der Waals surface area contributed by atoms with E-state index in [0.717, 1.165) is 66.1 Å². The molecule has 6 aromatic carbocycles. The van der Waals surface area contributed by atoms with Crippen LogP contribution in [0.3, 0.4) is 0 Å². The summed E-state index contributed by atoms with van der Waals surface area (Å²) in [4.78, 5) is 14.9. The number of nitriles is 1. The van der Waals surface area contributed by atoms with Gasteiger partial charge in [0.1, 0.15) is 11.2 Å². The zero-order chi connectivity index (χ0) is 30.6. The Hall–Kier alpha value is -6.58. The van der Waals surface area contributed by atoms with Crippen LogP contribution < -0.4 is 0 Å². The number of nitrogens with zero attached hydrogens (tertiary/aromatic N) is 5. The lowest BCUT2D eigenvalue weighted by Gasteiger charge is -2.15. The standard InChI is InChI=1S/C40H23N5O/c41-24-25-19-20-34(32(21-25)40-43-38(26-11-3-1-4-12-26)42-39(44-40)27-13-5-2-6-14-27)45-33-17-9-7-15-28(33)30-22-31-29-16-8-10-18-36(29)46-37(31)23-35(30)45/h1-23H. The minimum atomic E-state index is 0.482. The fourth-order valence-electron chi connectivity index (χ4n) is 6.36. The van der Waals surface area contributed by atoms with E-state index in [2.05, 4.69) is 47.0 Å². The van der Waals surface area contributed by atoms with Gasteiger partial charge in [-0.1, -0.05) is 97.1 Å². The van der Waals surface area contributed by atoms with Crippen LogP contribution >= 0.6 is 0 Å². The normalized spacial score (nSPS) is 11.5. The van der Waals surface area contributed by atoms with E-state index in [1.807, 2.05) is 103 Å². The second-order valence-electron chi connectivity index (χ2n) is 11.2. The zero-order valence-electron chi connectivity index (χ0n) is 24.4. The number of para-hydroxylation sites is 2. The van der Waals surface area contributed by atoms with Gasteiger partial charge >= 0.3 is 0 Å². The maximum atomic E-state index is 10.0. The molecule has 9 aromatic rings. The Balaban J connectivity index is 1.37. The van der Waals surface area contributed by atoms with Crippen molar-refractivity contribution in [3.63, 3.8) is 0 Å². The molecule has 6 nitrogen and oxygen atoms in total. The number of aromatic nitrogens is 4. The van der Waals surface area contributed by atoms with Crippen molar-refractivity contribution >= 4 is 43.7 Å². The van der Waals surface area contributed by atoms with Crippen LogP contribution in [-0.2, 0) is 0 Å². The molecule has 0 N–H and O–H groups in total. The molecule has 9 rings (SSSR count). The first-order valence-corrected chi connectivity index (χ1v) is 15.0. The first-order chi connectivity index (χ1) is 22.7. The number of benzene rings is 6. The molecule has 0 aliphatic carbocycles. The molecule has 0 radical (unpaired) electrons. The molecule has 3 aromatic heterocycles. The number of rotatable bonds is 4. The molecule has 0 aliphatic rings. The van der Waals surface area contributed by atoms with Gasteiger partial charge in [-0.2, -0.15) is 5.26 Å². The summed E-state index contributed by atoms with van der Waals surface area (Å²) in [6, 6.07) is 48.7. The Kier molecular flexibility index (Phi) is 5.77. The fourth-order valence-corrected chi connectivity index (χ4v) is 6.36. The predicted molar refractivity (Wildman–Crippen MR) is 182 cm³/mol. The molecular formula is C40H23N5O. The molecule has 0 saturated carbocycles. The maximum Gasteiger partial charge on any atom is 0.166 e. The van der Waals surface area contributed by atoms with Crippen LogP contribution in [0, 0.1) is 11.3 Å². The van der Waals surface area contributed by atoms with Gasteiger partial charge in [-0.25, -0.2) is 15.0 Å². The number of furan rings is 1. The van der Waals surface area contributed by atoms with E-state index < -0.39 is 0 Å². The largest absolute Gasteiger partial charge is 0.456 e. The summed E-state index contributed by atoms with van der Waals surface area (Å²) < 4.78 is 8.56. The van der Waals surface area contributed by atoms with Gasteiger partial charge in [0.05, 0.1) is 28.4 Å². The summed E-state index contributed by atoms with van der Waals surface area (Å²) in [6.45, 7) is 0. The average molecular weight is 590 g/mol. The van der Waals surface area contributed by atoms with Crippen LogP contribution in [0.4, 0.5) is 0 Å². The molecule has 0 atom stereocenters. The first kappa shape index (κ1) is 25.9. The van der Waals surface area contributed by atoms with E-state index in [1.54, 1.807) is 0 Å². The van der Waals surface area contributed by atoms with Gasteiger partial charge < -0.3 is 8.98 Å². The van der Waals surface area contributed by atoms with E-state index in [-0.39, 0.29) is 0 Å². The molecular weight excluding hydrogens is 566 g/mol. The molecule has 0 saturated heterocycles. The second-order valence-corrected chi connectivity index (χ2v) is 11.2. The van der Waals surface area contributed by atoms with Crippen LogP contribution in [0.2, 0.25) is 0 Å². The highest BCUT2D eigenvalue weighted by Crippen LogP contribution is 2.40. The number of fused-ring (bicyclic) bond motifs is 6. The van der Waals surface area contributed by atoms with Gasteiger partial charge in [0.15, 0.2) is 17.5 Å². The minimum Gasteiger partial charge on any atom is -0.456 e. The van der Waals surface area contributed by atoms with Crippen molar-refractivity contribution in [2.75, 3.05) is 0 Å². The van der Waals surface area contributed by atoms with E-state index in [4.69, 9.17) is 19.4 Å². The molecule has 46 heavy (non-hydrogen) atoms. The van der Waals surface area contributed by atoms with Crippen LogP contribution in [0.1, 0.15) is 5.56 Å². The van der Waals surface area contributed by atoms with Gasteiger partial charge in [-0.3, -0.25) is 0 Å². The van der Waals surface area contributed by atoms with E-state index in [9.17, 15) is 5.26 Å². The summed E-state index contributed by atoms with van der Waals surface area (Å²) >= 11 is 0. The quantitative estimate of drug-likeness (QED) is 0.204. The lowest BCUT2D eigenvalue weighted by atomic mass is 10.1. The highest BCUT2D eigenvalue weighted by atomic mass is 16.3. The lowest BCUT2D eigenvalue weighted by Crippen LogP contribution is -2.04. The third-order valence-electron chi connectivity index (χ3n) is 8.48. The Bertz CT molecular complexity index is 2590. The molecule has 0 aliphatic heterocycles. The van der Waals surface area contributed by atoms with Crippen LogP contribution in [-0.4, -0.2) is 19.5 Å². The number of hydrogen-bond donors (Lipinski definition) is 0. The number of hydrogen-bond acceptors (Lipinski definition) is 5. The summed E-state index contributed by atoms with van der Waals surface area (Å²) in [7, 11) is 0. The second kappa shape index (κ2) is 10.3. The molecule has 0 unspecified atom stereocenters. The molecule has 6 heteroatoms. The molecule has 0 bridgehead atoms. The van der Waals surface area contributed by atoms with Gasteiger partial charge in [-0.05, 0) is 36.4 Å². The van der Waals surface area contributed by atoms with Crippen molar-refractivity contribution in [3.8, 4) is 45.9 Å². The van der Waals surface area contributed by atoms with Gasteiger partial charge in [-0.15, -0.1) is 0 Å². The Labute approximate surface area is 263 Å². The van der Waals surface area contributed by atoms with Gasteiger partial charge in [0, 0.05) is 44.3 Å².